The predicted octanol–water partition coefficient (Wildman–Crippen LogP) is 4.40. The minimum Gasteiger partial charge on any atom is -0.343 e. The number of aryl methyl sites for hydroxylation is 2. The number of carbonyl (C=O) groups is 2. The van der Waals surface area contributed by atoms with E-state index in [1.54, 1.807) is 12.1 Å². The molecule has 2 aromatic rings. The second kappa shape index (κ2) is 8.27. The molecule has 0 aromatic heterocycles. The highest BCUT2D eigenvalue weighted by molar-refractivity contribution is 5.95. The van der Waals surface area contributed by atoms with Gasteiger partial charge in [-0.3, -0.25) is 9.59 Å². The van der Waals surface area contributed by atoms with Crippen molar-refractivity contribution in [3.05, 3.63) is 70.3 Å². The van der Waals surface area contributed by atoms with Gasteiger partial charge in [0, 0.05) is 23.7 Å². The number of nitrogens with one attached hydrogen (secondary N) is 1. The van der Waals surface area contributed by atoms with Gasteiger partial charge in [0.15, 0.2) is 0 Å². The van der Waals surface area contributed by atoms with Crippen LogP contribution in [-0.2, 0) is 6.54 Å². The first kappa shape index (κ1) is 20.9. The van der Waals surface area contributed by atoms with Crippen molar-refractivity contribution in [2.75, 3.05) is 6.54 Å². The van der Waals surface area contributed by atoms with Crippen LogP contribution in [-0.4, -0.2) is 35.5 Å². The van der Waals surface area contributed by atoms with Crippen LogP contribution in [0, 0.1) is 13.8 Å². The molecule has 154 valence electrons. The van der Waals surface area contributed by atoms with E-state index < -0.39 is 18.6 Å². The zero-order valence-electron chi connectivity index (χ0n) is 16.3. The van der Waals surface area contributed by atoms with E-state index in [4.69, 9.17) is 0 Å². The van der Waals surface area contributed by atoms with Crippen LogP contribution in [0.3, 0.4) is 0 Å². The molecule has 3 rings (SSSR count). The quantitative estimate of drug-likeness (QED) is 0.776. The third kappa shape index (κ3) is 5.59. The molecule has 0 unspecified atom stereocenters. The summed E-state index contributed by atoms with van der Waals surface area (Å²) in [5.74, 6) is -0.818. The summed E-state index contributed by atoms with van der Waals surface area (Å²) >= 11 is 0. The van der Waals surface area contributed by atoms with Crippen LogP contribution < -0.4 is 5.32 Å². The van der Waals surface area contributed by atoms with Crippen LogP contribution in [0.25, 0.3) is 0 Å². The molecule has 4 nitrogen and oxygen atoms in total. The lowest BCUT2D eigenvalue weighted by atomic mass is 10.0. The van der Waals surface area contributed by atoms with E-state index in [1.807, 2.05) is 42.3 Å². The monoisotopic (exact) mass is 404 g/mol. The Morgan fingerprint density at radius 2 is 1.62 bits per heavy atom. The number of hydrogen-bond donors (Lipinski definition) is 1. The molecule has 7 heteroatoms. The number of rotatable bonds is 6. The van der Waals surface area contributed by atoms with Crippen LogP contribution >= 0.6 is 0 Å². The Hall–Kier alpha value is -2.83. The van der Waals surface area contributed by atoms with Gasteiger partial charge >= 0.3 is 6.18 Å². The Morgan fingerprint density at radius 3 is 2.17 bits per heavy atom. The lowest BCUT2D eigenvalue weighted by molar-refractivity contribution is -0.123. The minimum atomic E-state index is -4.45. The minimum absolute atomic E-state index is 0.0393. The fourth-order valence-electron chi connectivity index (χ4n) is 3.03. The number of carbonyl (C=O) groups excluding carboxylic acids is 2. The Labute approximate surface area is 167 Å². The van der Waals surface area contributed by atoms with Gasteiger partial charge in [-0.05, 0) is 67.6 Å². The maximum Gasteiger partial charge on any atom is 0.405 e. The van der Waals surface area contributed by atoms with Crippen LogP contribution in [0.2, 0.25) is 0 Å². The highest BCUT2D eigenvalue weighted by Crippen LogP contribution is 2.30. The van der Waals surface area contributed by atoms with E-state index in [0.717, 1.165) is 29.5 Å². The fourth-order valence-corrected chi connectivity index (χ4v) is 3.03. The van der Waals surface area contributed by atoms with E-state index in [-0.39, 0.29) is 17.5 Å². The number of halogens is 3. The lowest BCUT2D eigenvalue weighted by Gasteiger charge is -2.23. The van der Waals surface area contributed by atoms with Crippen molar-refractivity contribution < 1.29 is 22.8 Å². The van der Waals surface area contributed by atoms with Gasteiger partial charge in [0.25, 0.3) is 11.8 Å². The first-order valence-electron chi connectivity index (χ1n) is 9.46. The first-order chi connectivity index (χ1) is 13.6. The van der Waals surface area contributed by atoms with E-state index in [1.165, 1.54) is 12.1 Å². The molecule has 1 aliphatic carbocycles. The molecular formula is C22H23F3N2O2. The van der Waals surface area contributed by atoms with Gasteiger partial charge in [-0.15, -0.1) is 0 Å². The molecule has 0 saturated heterocycles. The van der Waals surface area contributed by atoms with Crippen molar-refractivity contribution in [3.63, 3.8) is 0 Å². The fraction of sp³-hybridized carbons (Fsp3) is 0.364. The van der Waals surface area contributed by atoms with E-state index >= 15 is 0 Å². The van der Waals surface area contributed by atoms with E-state index in [2.05, 4.69) is 0 Å². The molecule has 1 fully saturated rings. The average molecular weight is 404 g/mol. The Kier molecular flexibility index (Phi) is 5.96. The maximum absolute atomic E-state index is 13.0. The summed E-state index contributed by atoms with van der Waals surface area (Å²) in [6.45, 7) is 2.99. The lowest BCUT2D eigenvalue weighted by Crippen LogP contribution is -2.34. The van der Waals surface area contributed by atoms with Crippen molar-refractivity contribution in [2.24, 2.45) is 0 Å². The van der Waals surface area contributed by atoms with Crippen LogP contribution in [0.1, 0.15) is 50.2 Å². The smallest absolute Gasteiger partial charge is 0.343 e. The van der Waals surface area contributed by atoms with Crippen molar-refractivity contribution in [1.29, 1.82) is 0 Å². The van der Waals surface area contributed by atoms with E-state index in [0.29, 0.717) is 12.1 Å². The van der Waals surface area contributed by atoms with E-state index in [9.17, 15) is 22.8 Å². The molecule has 29 heavy (non-hydrogen) atoms. The maximum atomic E-state index is 13.0. The highest BCUT2D eigenvalue weighted by atomic mass is 19.4. The zero-order valence-corrected chi connectivity index (χ0v) is 16.3. The molecule has 2 amide bonds. The second-order valence-electron chi connectivity index (χ2n) is 7.46. The summed E-state index contributed by atoms with van der Waals surface area (Å²) in [5, 5.41) is 1.85. The molecule has 0 bridgehead atoms. The SMILES string of the molecule is Cc1ccc(C(=O)N(Cc2ccc(C(=O)NCC(F)(F)F)cc2)C2CC2)cc1C. The molecule has 0 spiro atoms. The summed E-state index contributed by atoms with van der Waals surface area (Å²) in [5.41, 5.74) is 3.79. The molecule has 1 saturated carbocycles. The Morgan fingerprint density at radius 1 is 1.00 bits per heavy atom. The van der Waals surface area contributed by atoms with Gasteiger partial charge in [0.1, 0.15) is 6.54 Å². The molecule has 0 radical (unpaired) electrons. The molecule has 2 aromatic carbocycles. The molecule has 0 atom stereocenters. The normalized spacial score (nSPS) is 13.8. The number of nitrogens with zero attached hydrogens (tertiary/aromatic N) is 1. The number of benzene rings is 2. The van der Waals surface area contributed by atoms with Gasteiger partial charge in [-0.2, -0.15) is 13.2 Å². The van der Waals surface area contributed by atoms with Crippen molar-refractivity contribution in [2.45, 2.75) is 45.5 Å². The standard InChI is InChI=1S/C22H23F3N2O2/c1-14-3-6-18(11-15(14)2)21(29)27(19-9-10-19)12-16-4-7-17(8-5-16)20(28)26-13-22(23,24)25/h3-8,11,19H,9-10,12-13H2,1-2H3,(H,26,28). The average Bonchev–Trinajstić information content (AvgIpc) is 3.51. The van der Waals surface area contributed by atoms with Crippen molar-refractivity contribution in [3.8, 4) is 0 Å². The molecular weight excluding hydrogens is 381 g/mol. The largest absolute Gasteiger partial charge is 0.405 e. The molecule has 1 aliphatic rings. The zero-order chi connectivity index (χ0) is 21.2. The summed E-state index contributed by atoms with van der Waals surface area (Å²) in [6.07, 6.45) is -2.54. The third-order valence-corrected chi connectivity index (χ3v) is 5.02. The molecule has 1 N–H and O–H groups in total. The van der Waals surface area contributed by atoms with Crippen LogP contribution in [0.4, 0.5) is 13.2 Å². The van der Waals surface area contributed by atoms with Crippen LogP contribution in [0.15, 0.2) is 42.5 Å². The van der Waals surface area contributed by atoms with Crippen molar-refractivity contribution >= 4 is 11.8 Å². The summed E-state index contributed by atoms with van der Waals surface area (Å²) in [4.78, 5) is 26.6. The van der Waals surface area contributed by atoms with Gasteiger partial charge in [-0.25, -0.2) is 0 Å². The van der Waals surface area contributed by atoms with Gasteiger partial charge < -0.3 is 10.2 Å². The number of hydrogen-bond acceptors (Lipinski definition) is 2. The molecule has 0 aliphatic heterocycles. The number of alkyl halides is 3. The first-order valence-corrected chi connectivity index (χ1v) is 9.46. The summed E-state index contributed by atoms with van der Waals surface area (Å²) in [6, 6.07) is 12.1. The summed E-state index contributed by atoms with van der Waals surface area (Å²) < 4.78 is 36.7. The van der Waals surface area contributed by atoms with Gasteiger partial charge in [0.05, 0.1) is 0 Å². The highest BCUT2D eigenvalue weighted by Gasteiger charge is 2.33. The predicted molar refractivity (Wildman–Crippen MR) is 104 cm³/mol. The molecule has 0 heterocycles. The topological polar surface area (TPSA) is 49.4 Å². The van der Waals surface area contributed by atoms with Gasteiger partial charge in [0.2, 0.25) is 0 Å². The Balaban J connectivity index is 1.69. The van der Waals surface area contributed by atoms with Crippen LogP contribution in [0.5, 0.6) is 0 Å². The van der Waals surface area contributed by atoms with Gasteiger partial charge in [-0.1, -0.05) is 18.2 Å². The van der Waals surface area contributed by atoms with Crippen molar-refractivity contribution in [1.82, 2.24) is 10.2 Å². The third-order valence-electron chi connectivity index (χ3n) is 5.02. The summed E-state index contributed by atoms with van der Waals surface area (Å²) in [7, 11) is 0. The second-order valence-corrected chi connectivity index (χ2v) is 7.46. The Bertz CT molecular complexity index is 903. The number of amides is 2.